The maximum atomic E-state index is 5.52. The first-order valence-corrected chi connectivity index (χ1v) is 7.47. The Balaban J connectivity index is 1.80. The maximum absolute atomic E-state index is 5.52. The third-order valence-corrected chi connectivity index (χ3v) is 4.47. The van der Waals surface area contributed by atoms with E-state index >= 15 is 0 Å². The van der Waals surface area contributed by atoms with Gasteiger partial charge in [-0.2, -0.15) is 0 Å². The number of rotatable bonds is 2. The van der Waals surface area contributed by atoms with Crippen LogP contribution in [0, 0.1) is 0 Å². The van der Waals surface area contributed by atoms with Crippen molar-refractivity contribution in [2.24, 2.45) is 0 Å². The Morgan fingerprint density at radius 1 is 1.00 bits per heavy atom. The lowest BCUT2D eigenvalue weighted by Crippen LogP contribution is -2.76. The highest BCUT2D eigenvalue weighted by molar-refractivity contribution is 4.96. The fourth-order valence-electron chi connectivity index (χ4n) is 3.44. The first-order valence-electron chi connectivity index (χ1n) is 7.47. The molecule has 0 aliphatic carbocycles. The normalized spacial score (nSPS) is 36.5. The van der Waals surface area contributed by atoms with E-state index in [1.54, 1.807) is 0 Å². The molecule has 0 saturated carbocycles. The Labute approximate surface area is 116 Å². The van der Waals surface area contributed by atoms with E-state index in [-0.39, 0.29) is 5.79 Å². The second kappa shape index (κ2) is 6.03. The van der Waals surface area contributed by atoms with Crippen molar-refractivity contribution < 1.29 is 4.74 Å². The standard InChI is InChI=1S/C13H26N5O/c1-16-5-4-15-13(12-16,17-6-2-14-3-7-17)18-8-10-19-11-9-18/h14H,2-12H2,1H3. The molecule has 3 fully saturated rings. The minimum Gasteiger partial charge on any atom is -0.379 e. The highest BCUT2D eigenvalue weighted by Crippen LogP contribution is 2.24. The zero-order chi connectivity index (χ0) is 13.1. The Hall–Kier alpha value is -0.240. The highest BCUT2D eigenvalue weighted by Gasteiger charge is 2.46. The Morgan fingerprint density at radius 3 is 2.37 bits per heavy atom. The Morgan fingerprint density at radius 2 is 1.68 bits per heavy atom. The van der Waals surface area contributed by atoms with Gasteiger partial charge in [0.1, 0.15) is 0 Å². The molecule has 1 unspecified atom stereocenters. The van der Waals surface area contributed by atoms with Gasteiger partial charge in [0.25, 0.3) is 0 Å². The van der Waals surface area contributed by atoms with Crippen molar-refractivity contribution in [3.63, 3.8) is 0 Å². The molecular weight excluding hydrogens is 242 g/mol. The molecule has 0 aromatic carbocycles. The van der Waals surface area contributed by atoms with Crippen LogP contribution < -0.4 is 10.6 Å². The number of hydrogen-bond donors (Lipinski definition) is 1. The second-order valence-electron chi connectivity index (χ2n) is 5.73. The predicted octanol–water partition coefficient (Wildman–Crippen LogP) is -1.57. The minimum atomic E-state index is -0.112. The Kier molecular flexibility index (Phi) is 4.36. The van der Waals surface area contributed by atoms with Gasteiger partial charge in [0.05, 0.1) is 13.2 Å². The Bertz CT molecular complexity index is 271. The van der Waals surface area contributed by atoms with Crippen LogP contribution in [0.1, 0.15) is 0 Å². The van der Waals surface area contributed by atoms with Gasteiger partial charge in [-0.3, -0.25) is 9.80 Å². The van der Waals surface area contributed by atoms with Crippen LogP contribution in [0.25, 0.3) is 0 Å². The number of piperazine rings is 2. The van der Waals surface area contributed by atoms with Gasteiger partial charge in [-0.05, 0) is 7.05 Å². The molecule has 6 heteroatoms. The molecule has 0 spiro atoms. The molecule has 109 valence electrons. The van der Waals surface area contributed by atoms with Crippen molar-refractivity contribution in [2.45, 2.75) is 5.79 Å². The molecule has 3 heterocycles. The van der Waals surface area contributed by atoms with Crippen LogP contribution in [-0.2, 0) is 4.74 Å². The van der Waals surface area contributed by atoms with Gasteiger partial charge < -0.3 is 15.0 Å². The zero-order valence-electron chi connectivity index (χ0n) is 12.0. The quantitative estimate of drug-likeness (QED) is 0.655. The number of morpholine rings is 1. The van der Waals surface area contributed by atoms with Crippen LogP contribution in [0.5, 0.6) is 0 Å². The summed E-state index contributed by atoms with van der Waals surface area (Å²) in [5, 5.41) is 8.53. The van der Waals surface area contributed by atoms with E-state index in [9.17, 15) is 0 Å². The summed E-state index contributed by atoms with van der Waals surface area (Å²) in [6.45, 7) is 11.1. The summed E-state index contributed by atoms with van der Waals surface area (Å²) in [5.41, 5.74) is 0. The maximum Gasteiger partial charge on any atom is 0.157 e. The van der Waals surface area contributed by atoms with Gasteiger partial charge in [-0.25, -0.2) is 5.32 Å². The summed E-state index contributed by atoms with van der Waals surface area (Å²) in [6.07, 6.45) is 0. The molecule has 3 rings (SSSR count). The topological polar surface area (TPSA) is 45.1 Å². The lowest BCUT2D eigenvalue weighted by Gasteiger charge is -2.55. The summed E-state index contributed by atoms with van der Waals surface area (Å²) in [6, 6.07) is 0. The largest absolute Gasteiger partial charge is 0.379 e. The summed E-state index contributed by atoms with van der Waals surface area (Å²) in [7, 11) is 2.21. The molecule has 1 N–H and O–H groups in total. The van der Waals surface area contributed by atoms with Crippen molar-refractivity contribution >= 4 is 0 Å². The van der Waals surface area contributed by atoms with Crippen molar-refractivity contribution in [1.29, 1.82) is 0 Å². The number of nitrogens with zero attached hydrogens (tertiary/aromatic N) is 4. The van der Waals surface area contributed by atoms with E-state index in [0.717, 1.165) is 72.1 Å². The van der Waals surface area contributed by atoms with E-state index in [4.69, 9.17) is 10.1 Å². The second-order valence-corrected chi connectivity index (χ2v) is 5.73. The van der Waals surface area contributed by atoms with Crippen LogP contribution in [0.3, 0.4) is 0 Å². The van der Waals surface area contributed by atoms with Crippen LogP contribution in [-0.4, -0.2) is 99.7 Å². The van der Waals surface area contributed by atoms with Crippen LogP contribution in [0.2, 0.25) is 0 Å². The molecule has 6 nitrogen and oxygen atoms in total. The third kappa shape index (κ3) is 2.79. The first kappa shape index (κ1) is 13.7. The number of nitrogens with one attached hydrogen (secondary N) is 1. The van der Waals surface area contributed by atoms with Crippen molar-refractivity contribution in [2.75, 3.05) is 79.2 Å². The number of hydrogen-bond acceptors (Lipinski definition) is 5. The van der Waals surface area contributed by atoms with Crippen LogP contribution in [0.4, 0.5) is 0 Å². The molecule has 0 aromatic heterocycles. The summed E-state index contributed by atoms with van der Waals surface area (Å²) < 4.78 is 5.52. The number of likely N-dealkylation sites (N-methyl/N-ethyl adjacent to an activating group) is 1. The van der Waals surface area contributed by atoms with Gasteiger partial charge >= 0.3 is 0 Å². The fraction of sp³-hybridized carbons (Fsp3) is 1.00. The lowest BCUT2D eigenvalue weighted by atomic mass is 10.1. The summed E-state index contributed by atoms with van der Waals surface area (Å²) >= 11 is 0. The molecule has 0 bridgehead atoms. The van der Waals surface area contributed by atoms with Crippen LogP contribution >= 0.6 is 0 Å². The highest BCUT2D eigenvalue weighted by atomic mass is 16.5. The van der Waals surface area contributed by atoms with Crippen molar-refractivity contribution in [3.8, 4) is 0 Å². The van der Waals surface area contributed by atoms with Crippen molar-refractivity contribution in [1.82, 2.24) is 25.3 Å². The fourth-order valence-corrected chi connectivity index (χ4v) is 3.44. The molecule has 0 amide bonds. The van der Waals surface area contributed by atoms with Gasteiger partial charge in [0.15, 0.2) is 5.79 Å². The molecular formula is C13H26N5O. The molecule has 1 radical (unpaired) electrons. The molecule has 3 saturated heterocycles. The van der Waals surface area contributed by atoms with Crippen molar-refractivity contribution in [3.05, 3.63) is 0 Å². The van der Waals surface area contributed by atoms with E-state index in [0.29, 0.717) is 0 Å². The van der Waals surface area contributed by atoms with E-state index in [1.807, 2.05) is 0 Å². The smallest absolute Gasteiger partial charge is 0.157 e. The van der Waals surface area contributed by atoms with E-state index in [1.165, 1.54) is 0 Å². The number of ether oxygens (including phenoxy) is 1. The molecule has 3 aliphatic rings. The SMILES string of the molecule is CN1CC[N]C(N2CCNCC2)(N2CCOCC2)C1. The average molecular weight is 268 g/mol. The molecule has 1 atom stereocenters. The summed E-state index contributed by atoms with van der Waals surface area (Å²) in [5.74, 6) is -0.112. The monoisotopic (exact) mass is 268 g/mol. The van der Waals surface area contributed by atoms with Gasteiger partial charge in [-0.1, -0.05) is 0 Å². The zero-order valence-corrected chi connectivity index (χ0v) is 12.0. The molecule has 3 aliphatic heterocycles. The molecule has 0 aromatic rings. The lowest BCUT2D eigenvalue weighted by molar-refractivity contribution is -0.149. The third-order valence-electron chi connectivity index (χ3n) is 4.47. The van der Waals surface area contributed by atoms with Crippen LogP contribution in [0.15, 0.2) is 0 Å². The van der Waals surface area contributed by atoms with Gasteiger partial charge in [0.2, 0.25) is 0 Å². The minimum absolute atomic E-state index is 0.112. The summed E-state index contributed by atoms with van der Waals surface area (Å²) in [4.78, 5) is 7.53. The van der Waals surface area contributed by atoms with Gasteiger partial charge in [0, 0.05) is 58.9 Å². The average Bonchev–Trinajstić information content (AvgIpc) is 2.49. The van der Waals surface area contributed by atoms with E-state index in [2.05, 4.69) is 27.1 Å². The van der Waals surface area contributed by atoms with E-state index < -0.39 is 0 Å². The van der Waals surface area contributed by atoms with Gasteiger partial charge in [-0.15, -0.1) is 0 Å². The first-order chi connectivity index (χ1) is 9.31. The predicted molar refractivity (Wildman–Crippen MR) is 74.1 cm³/mol. The molecule has 19 heavy (non-hydrogen) atoms.